The zero-order chi connectivity index (χ0) is 34.1. The van der Waals surface area contributed by atoms with Crippen LogP contribution in [0.2, 0.25) is 0 Å². The van der Waals surface area contributed by atoms with Crippen LogP contribution in [0.15, 0.2) is 40.4 Å². The fraction of sp³-hybridized carbons (Fsp3) is 0.593. The molecule has 0 radical (unpaired) electrons. The summed E-state index contributed by atoms with van der Waals surface area (Å²) in [5.41, 5.74) is 5.05. The summed E-state index contributed by atoms with van der Waals surface area (Å²) < 4.78 is 51.5. The number of nitrogens with zero attached hydrogens (tertiary/aromatic N) is 4. The van der Waals surface area contributed by atoms with E-state index >= 15 is 0 Å². The predicted octanol–water partition coefficient (Wildman–Crippen LogP) is 0.907. The third-order valence-corrected chi connectivity index (χ3v) is 10.9. The first-order valence-electron chi connectivity index (χ1n) is 14.5. The van der Waals surface area contributed by atoms with Crippen molar-refractivity contribution < 1.29 is 47.6 Å². The Morgan fingerprint density at radius 2 is 1.96 bits per heavy atom. The molecule has 5 rings (SSSR count). The Hall–Kier alpha value is -3.13. The van der Waals surface area contributed by atoms with Gasteiger partial charge in [-0.05, 0) is 26.8 Å². The second-order valence-electron chi connectivity index (χ2n) is 11.9. The maximum atomic E-state index is 14.3. The van der Waals surface area contributed by atoms with Crippen LogP contribution in [0, 0.1) is 5.41 Å². The molecular formula is C27H37N6O12PS. The van der Waals surface area contributed by atoms with Crippen LogP contribution in [-0.2, 0) is 37.4 Å². The number of esters is 1. The van der Waals surface area contributed by atoms with Gasteiger partial charge in [-0.15, -0.1) is 0 Å². The van der Waals surface area contributed by atoms with E-state index in [1.807, 2.05) is 0 Å². The van der Waals surface area contributed by atoms with Crippen molar-refractivity contribution in [1.82, 2.24) is 24.1 Å². The minimum absolute atomic E-state index is 0.127. The number of nitrogens with two attached hydrogens (primary N) is 1. The molecular weight excluding hydrogens is 663 g/mol. The Balaban J connectivity index is 1.35. The molecule has 2 fully saturated rings. The number of carbonyl (C=O) groups is 1. The zero-order valence-electron chi connectivity index (χ0n) is 26.0. The Labute approximate surface area is 271 Å². The molecule has 18 nitrogen and oxygen atoms in total. The summed E-state index contributed by atoms with van der Waals surface area (Å²) in [7, 11) is 1.29. The highest BCUT2D eigenvalue weighted by Gasteiger charge is 2.51. The van der Waals surface area contributed by atoms with Gasteiger partial charge in [0.25, 0.3) is 5.56 Å². The molecule has 2 saturated heterocycles. The first-order valence-corrected chi connectivity index (χ1v) is 17.6. The van der Waals surface area contributed by atoms with Crippen molar-refractivity contribution in [1.29, 1.82) is 0 Å². The molecule has 0 saturated carbocycles. The summed E-state index contributed by atoms with van der Waals surface area (Å²) in [4.78, 5) is 47.3. The third-order valence-electron chi connectivity index (χ3n) is 7.53. The lowest BCUT2D eigenvalue weighted by Gasteiger charge is -2.28. The molecule has 0 amide bonds. The maximum absolute atomic E-state index is 14.3. The Morgan fingerprint density at radius 3 is 2.64 bits per heavy atom. The van der Waals surface area contributed by atoms with Gasteiger partial charge in [-0.25, -0.2) is 19.3 Å². The minimum Gasteiger partial charge on any atom is -0.454 e. The highest BCUT2D eigenvalue weighted by molar-refractivity contribution is 8.55. The molecule has 3 aromatic rings. The molecule has 3 aromatic heterocycles. The molecule has 258 valence electrons. The Morgan fingerprint density at radius 1 is 1.19 bits per heavy atom. The Kier molecular flexibility index (Phi) is 10.6. The molecule has 0 aliphatic carbocycles. The van der Waals surface area contributed by atoms with E-state index < -0.39 is 91.6 Å². The molecule has 5 N–H and O–H groups in total. The number of H-pyrrole nitrogens is 1. The van der Waals surface area contributed by atoms with Crippen molar-refractivity contribution in [3.63, 3.8) is 0 Å². The smallest absolute Gasteiger partial charge is 0.392 e. The number of fused-ring (bicyclic) bond motifs is 1. The highest BCUT2D eigenvalue weighted by Crippen LogP contribution is 2.63. The number of aromatic nitrogens is 5. The predicted molar refractivity (Wildman–Crippen MR) is 166 cm³/mol. The standard InChI is InChI=1S/C27H37N6O12PS/c1-27(2,3)25(37)41-13-47-46(39,45-21-16(10-34)44-24(22(21)40-4)32-8-6-18(36)31-26(32)38)42-11-17-15(35)9-19(43-17)33-12-30-20-14(28)5-7-29-23(20)33/h5-8,12,15-17,19,21-22,24,34-35H,9-11,13H2,1-4H3,(H2,28,29)(H,31,36,38)/t15-,16-,17-,19-,21+,22?,24-,46?/m1/s1. The molecule has 0 spiro atoms. The van der Waals surface area contributed by atoms with Crippen LogP contribution in [0.5, 0.6) is 0 Å². The normalized spacial score (nSPS) is 27.7. The molecule has 2 unspecified atom stereocenters. The summed E-state index contributed by atoms with van der Waals surface area (Å²) in [5, 5.41) is 21.0. The number of aliphatic hydroxyl groups is 2. The number of pyridine rings is 1. The van der Waals surface area contributed by atoms with Crippen LogP contribution < -0.4 is 17.0 Å². The molecule has 20 heteroatoms. The average Bonchev–Trinajstić information content (AvgIpc) is 3.70. The summed E-state index contributed by atoms with van der Waals surface area (Å²) in [6.07, 6.45) is -3.17. The molecule has 5 heterocycles. The second kappa shape index (κ2) is 14.2. The van der Waals surface area contributed by atoms with E-state index in [4.69, 9.17) is 33.7 Å². The van der Waals surface area contributed by atoms with Crippen LogP contribution in [0.25, 0.3) is 11.2 Å². The fourth-order valence-electron chi connectivity index (χ4n) is 5.06. The average molecular weight is 701 g/mol. The van der Waals surface area contributed by atoms with E-state index in [0.717, 1.165) is 10.6 Å². The number of hydrogen-bond acceptors (Lipinski definition) is 16. The lowest BCUT2D eigenvalue weighted by Crippen LogP contribution is -2.39. The molecule has 0 aromatic carbocycles. The number of methoxy groups -OCH3 is 1. The van der Waals surface area contributed by atoms with E-state index in [2.05, 4.69) is 15.0 Å². The van der Waals surface area contributed by atoms with Gasteiger partial charge in [-0.2, -0.15) is 0 Å². The summed E-state index contributed by atoms with van der Waals surface area (Å²) in [5.74, 6) is -1.00. The summed E-state index contributed by atoms with van der Waals surface area (Å²) in [6.45, 7) is -0.435. The highest BCUT2D eigenvalue weighted by atomic mass is 32.7. The van der Waals surface area contributed by atoms with Gasteiger partial charge in [-0.1, -0.05) is 0 Å². The SMILES string of the molecule is COC1[C@@H](OP(=O)(OC[C@H]2O[C@@H](n3cnc4c(N)ccnc43)C[C@H]2O)SCOC(=O)C(C)(C)C)[C@@H](CO)O[C@H]1n1ccc(=O)[nH]c1=O. The number of aliphatic hydroxyl groups excluding tert-OH is 2. The number of hydrogen-bond donors (Lipinski definition) is 4. The number of aromatic amines is 1. The van der Waals surface area contributed by atoms with Gasteiger partial charge >= 0.3 is 18.5 Å². The number of carbonyl (C=O) groups excluding carboxylic acids is 1. The number of ether oxygens (including phenoxy) is 4. The molecule has 8 atom stereocenters. The minimum atomic E-state index is -4.34. The maximum Gasteiger partial charge on any atom is 0.392 e. The molecule has 47 heavy (non-hydrogen) atoms. The van der Waals surface area contributed by atoms with Gasteiger partial charge < -0.3 is 34.9 Å². The quantitative estimate of drug-likeness (QED) is 0.117. The van der Waals surface area contributed by atoms with Crippen LogP contribution >= 0.6 is 18.2 Å². The van der Waals surface area contributed by atoms with Crippen LogP contribution in [0.4, 0.5) is 5.69 Å². The number of imidazole rings is 1. The third kappa shape index (κ3) is 7.63. The van der Waals surface area contributed by atoms with Gasteiger partial charge in [0.05, 0.1) is 36.7 Å². The first kappa shape index (κ1) is 35.2. The number of rotatable bonds is 12. The Bertz CT molecular complexity index is 1740. The summed E-state index contributed by atoms with van der Waals surface area (Å²) >= 11 is 0.552. The monoisotopic (exact) mass is 700 g/mol. The summed E-state index contributed by atoms with van der Waals surface area (Å²) in [6, 6.07) is 2.71. The van der Waals surface area contributed by atoms with E-state index in [9.17, 15) is 29.2 Å². The van der Waals surface area contributed by atoms with Crippen molar-refractivity contribution in [3.8, 4) is 0 Å². The van der Waals surface area contributed by atoms with Gasteiger partial charge in [0.2, 0.25) is 0 Å². The van der Waals surface area contributed by atoms with Crippen molar-refractivity contribution in [2.75, 3.05) is 32.0 Å². The van der Waals surface area contributed by atoms with Gasteiger partial charge in [0, 0.05) is 43.4 Å². The van der Waals surface area contributed by atoms with Crippen LogP contribution in [0.1, 0.15) is 39.6 Å². The zero-order valence-corrected chi connectivity index (χ0v) is 27.7. The first-order chi connectivity index (χ1) is 22.2. The topological polar surface area (TPSA) is 242 Å². The van der Waals surface area contributed by atoms with Crippen LogP contribution in [0.3, 0.4) is 0 Å². The van der Waals surface area contributed by atoms with Crippen molar-refractivity contribution in [3.05, 3.63) is 51.7 Å². The van der Waals surface area contributed by atoms with E-state index in [1.54, 1.807) is 31.4 Å². The van der Waals surface area contributed by atoms with Crippen molar-refractivity contribution in [2.45, 2.75) is 70.2 Å². The van der Waals surface area contributed by atoms with Crippen molar-refractivity contribution >= 4 is 41.0 Å². The fourth-order valence-corrected chi connectivity index (χ4v) is 7.86. The molecule has 0 bridgehead atoms. The van der Waals surface area contributed by atoms with Crippen LogP contribution in [-0.4, -0.2) is 97.1 Å². The van der Waals surface area contributed by atoms with Crippen molar-refractivity contribution in [2.24, 2.45) is 5.41 Å². The van der Waals surface area contributed by atoms with E-state index in [0.29, 0.717) is 28.2 Å². The molecule has 2 aliphatic heterocycles. The van der Waals surface area contributed by atoms with E-state index in [-0.39, 0.29) is 6.42 Å². The lowest BCUT2D eigenvalue weighted by atomic mass is 9.98. The number of nitrogens with one attached hydrogen (secondary N) is 1. The largest absolute Gasteiger partial charge is 0.454 e. The number of nitrogen functional groups attached to an aromatic ring is 1. The van der Waals surface area contributed by atoms with Gasteiger partial charge in [0.1, 0.15) is 42.1 Å². The lowest BCUT2D eigenvalue weighted by molar-refractivity contribution is -0.150. The van der Waals surface area contributed by atoms with Gasteiger partial charge in [0.15, 0.2) is 11.9 Å². The van der Waals surface area contributed by atoms with Gasteiger partial charge in [-0.3, -0.25) is 32.8 Å². The number of anilines is 1. The van der Waals surface area contributed by atoms with E-state index in [1.165, 1.54) is 25.8 Å². The second-order valence-corrected chi connectivity index (χ2v) is 15.8. The molecule has 2 aliphatic rings.